The molecule has 1 amide bonds. The number of hydrogen-bond acceptors (Lipinski definition) is 4. The molecule has 0 fully saturated rings. The number of aromatic nitrogens is 2. The summed E-state index contributed by atoms with van der Waals surface area (Å²) in [6.45, 7) is 2.31. The van der Waals surface area contributed by atoms with Crippen molar-refractivity contribution in [2.75, 3.05) is 7.11 Å². The van der Waals surface area contributed by atoms with Crippen molar-refractivity contribution in [2.24, 2.45) is 7.05 Å². The molecule has 0 saturated heterocycles. The first-order chi connectivity index (χ1) is 11.6. The molecule has 0 aliphatic rings. The minimum Gasteiger partial charge on any atom is -0.496 e. The largest absolute Gasteiger partial charge is 0.496 e. The highest BCUT2D eigenvalue weighted by atomic mass is 16.5. The van der Waals surface area contributed by atoms with Crippen LogP contribution in [0.15, 0.2) is 47.1 Å². The van der Waals surface area contributed by atoms with Crippen molar-refractivity contribution in [3.8, 4) is 17.0 Å². The third-order valence-electron chi connectivity index (χ3n) is 3.81. The van der Waals surface area contributed by atoms with Crippen molar-refractivity contribution in [1.82, 2.24) is 15.1 Å². The second-order valence-electron chi connectivity index (χ2n) is 5.48. The standard InChI is InChI=1S/C18H19N3O3/c1-12-9-13(6-7-17(12)23-3)16-10-15(20-21(16)2)18(22)19-11-14-5-4-8-24-14/h4-10H,11H2,1-3H3,(H,19,22). The fourth-order valence-electron chi connectivity index (χ4n) is 2.56. The summed E-state index contributed by atoms with van der Waals surface area (Å²) >= 11 is 0. The van der Waals surface area contributed by atoms with Crippen LogP contribution in [-0.2, 0) is 13.6 Å². The zero-order valence-electron chi connectivity index (χ0n) is 13.9. The van der Waals surface area contributed by atoms with E-state index in [0.29, 0.717) is 18.0 Å². The van der Waals surface area contributed by atoms with Crippen LogP contribution >= 0.6 is 0 Å². The van der Waals surface area contributed by atoms with Gasteiger partial charge in [-0.3, -0.25) is 9.48 Å². The lowest BCUT2D eigenvalue weighted by Gasteiger charge is -2.07. The number of ether oxygens (including phenoxy) is 1. The average Bonchev–Trinajstić information content (AvgIpc) is 3.22. The van der Waals surface area contributed by atoms with Crippen LogP contribution in [0.2, 0.25) is 0 Å². The van der Waals surface area contributed by atoms with Gasteiger partial charge in [0.25, 0.3) is 5.91 Å². The number of aryl methyl sites for hydroxylation is 2. The number of nitrogens with zero attached hydrogens (tertiary/aromatic N) is 2. The minimum atomic E-state index is -0.238. The molecule has 0 aliphatic heterocycles. The van der Waals surface area contributed by atoms with Gasteiger partial charge in [0.2, 0.25) is 0 Å². The number of hydrogen-bond donors (Lipinski definition) is 1. The summed E-state index contributed by atoms with van der Waals surface area (Å²) < 4.78 is 12.2. The summed E-state index contributed by atoms with van der Waals surface area (Å²) in [5.74, 6) is 1.29. The molecule has 6 heteroatoms. The Morgan fingerprint density at radius 1 is 1.33 bits per heavy atom. The Hall–Kier alpha value is -3.02. The summed E-state index contributed by atoms with van der Waals surface area (Å²) in [5.41, 5.74) is 3.24. The normalized spacial score (nSPS) is 10.6. The Morgan fingerprint density at radius 3 is 2.83 bits per heavy atom. The van der Waals surface area contributed by atoms with Crippen molar-refractivity contribution in [2.45, 2.75) is 13.5 Å². The summed E-state index contributed by atoms with van der Waals surface area (Å²) in [6, 6.07) is 11.2. The number of carbonyl (C=O) groups is 1. The molecule has 124 valence electrons. The van der Waals surface area contributed by atoms with Crippen LogP contribution in [0.3, 0.4) is 0 Å². The van der Waals surface area contributed by atoms with E-state index in [0.717, 1.165) is 22.6 Å². The van der Waals surface area contributed by atoms with Gasteiger partial charge in [0.15, 0.2) is 5.69 Å². The molecule has 24 heavy (non-hydrogen) atoms. The maximum Gasteiger partial charge on any atom is 0.272 e. The molecule has 0 atom stereocenters. The number of furan rings is 1. The van der Waals surface area contributed by atoms with Gasteiger partial charge >= 0.3 is 0 Å². The van der Waals surface area contributed by atoms with E-state index < -0.39 is 0 Å². The van der Waals surface area contributed by atoms with Gasteiger partial charge in [-0.15, -0.1) is 0 Å². The first-order valence-corrected chi connectivity index (χ1v) is 7.58. The van der Waals surface area contributed by atoms with Gasteiger partial charge in [0, 0.05) is 12.6 Å². The zero-order chi connectivity index (χ0) is 17.1. The molecule has 3 aromatic rings. The number of carbonyl (C=O) groups excluding carboxylic acids is 1. The summed E-state index contributed by atoms with van der Waals surface area (Å²) in [4.78, 5) is 12.3. The minimum absolute atomic E-state index is 0.238. The van der Waals surface area contributed by atoms with Crippen LogP contribution in [0, 0.1) is 6.92 Å². The van der Waals surface area contributed by atoms with Crippen LogP contribution in [0.25, 0.3) is 11.3 Å². The van der Waals surface area contributed by atoms with E-state index in [1.165, 1.54) is 0 Å². The van der Waals surface area contributed by atoms with Crippen molar-refractivity contribution in [1.29, 1.82) is 0 Å². The van der Waals surface area contributed by atoms with Gasteiger partial charge in [-0.1, -0.05) is 0 Å². The smallest absolute Gasteiger partial charge is 0.272 e. The molecule has 2 aromatic heterocycles. The highest BCUT2D eigenvalue weighted by Gasteiger charge is 2.14. The van der Waals surface area contributed by atoms with Crippen molar-refractivity contribution < 1.29 is 13.9 Å². The molecule has 0 saturated carbocycles. The molecule has 0 spiro atoms. The van der Waals surface area contributed by atoms with Gasteiger partial charge in [-0.2, -0.15) is 5.10 Å². The predicted molar refractivity (Wildman–Crippen MR) is 89.8 cm³/mol. The van der Waals surface area contributed by atoms with Crippen LogP contribution < -0.4 is 10.1 Å². The Labute approximate surface area is 140 Å². The Balaban J connectivity index is 1.79. The Morgan fingerprint density at radius 2 is 2.17 bits per heavy atom. The van der Waals surface area contributed by atoms with E-state index in [4.69, 9.17) is 9.15 Å². The lowest BCUT2D eigenvalue weighted by molar-refractivity contribution is 0.0942. The van der Waals surface area contributed by atoms with Crippen molar-refractivity contribution in [3.63, 3.8) is 0 Å². The summed E-state index contributed by atoms with van der Waals surface area (Å²) in [7, 11) is 3.46. The van der Waals surface area contributed by atoms with Crippen molar-refractivity contribution >= 4 is 5.91 Å². The molecule has 1 N–H and O–H groups in total. The second kappa shape index (κ2) is 6.62. The topological polar surface area (TPSA) is 69.3 Å². The highest BCUT2D eigenvalue weighted by Crippen LogP contribution is 2.26. The Kier molecular flexibility index (Phi) is 4.37. The predicted octanol–water partition coefficient (Wildman–Crippen LogP) is 2.93. The van der Waals surface area contributed by atoms with Crippen LogP contribution in [-0.4, -0.2) is 22.8 Å². The molecular weight excluding hydrogens is 306 g/mol. The number of rotatable bonds is 5. The second-order valence-corrected chi connectivity index (χ2v) is 5.48. The third kappa shape index (κ3) is 3.17. The lowest BCUT2D eigenvalue weighted by atomic mass is 10.1. The molecule has 3 rings (SSSR count). The molecular formula is C18H19N3O3. The van der Waals surface area contributed by atoms with Crippen LogP contribution in [0.4, 0.5) is 0 Å². The number of nitrogens with one attached hydrogen (secondary N) is 1. The van der Waals surface area contributed by atoms with Gasteiger partial charge in [0.05, 0.1) is 25.6 Å². The maximum absolute atomic E-state index is 12.3. The molecule has 0 bridgehead atoms. The van der Waals surface area contributed by atoms with E-state index in [-0.39, 0.29) is 5.91 Å². The van der Waals surface area contributed by atoms with Gasteiger partial charge in [-0.05, 0) is 48.9 Å². The fourth-order valence-corrected chi connectivity index (χ4v) is 2.56. The number of amides is 1. The van der Waals surface area contributed by atoms with E-state index in [1.807, 2.05) is 38.2 Å². The van der Waals surface area contributed by atoms with Gasteiger partial charge in [-0.25, -0.2) is 0 Å². The SMILES string of the molecule is COc1ccc(-c2cc(C(=O)NCc3ccco3)nn2C)cc1C. The zero-order valence-corrected chi connectivity index (χ0v) is 13.9. The van der Waals surface area contributed by atoms with Gasteiger partial charge < -0.3 is 14.5 Å². The number of benzene rings is 1. The van der Waals surface area contributed by atoms with Gasteiger partial charge in [0.1, 0.15) is 11.5 Å². The summed E-state index contributed by atoms with van der Waals surface area (Å²) in [6.07, 6.45) is 1.58. The van der Waals surface area contributed by atoms with E-state index >= 15 is 0 Å². The molecule has 0 unspecified atom stereocenters. The molecule has 1 aromatic carbocycles. The van der Waals surface area contributed by atoms with Crippen LogP contribution in [0.5, 0.6) is 5.75 Å². The maximum atomic E-state index is 12.3. The van der Waals surface area contributed by atoms with Crippen molar-refractivity contribution in [3.05, 3.63) is 59.7 Å². The average molecular weight is 325 g/mol. The monoisotopic (exact) mass is 325 g/mol. The lowest BCUT2D eigenvalue weighted by Crippen LogP contribution is -2.23. The molecule has 6 nitrogen and oxygen atoms in total. The quantitative estimate of drug-likeness (QED) is 0.783. The Bertz CT molecular complexity index is 851. The highest BCUT2D eigenvalue weighted by molar-refractivity contribution is 5.93. The molecule has 0 aliphatic carbocycles. The van der Waals surface area contributed by atoms with E-state index in [1.54, 1.807) is 30.2 Å². The van der Waals surface area contributed by atoms with E-state index in [9.17, 15) is 4.79 Å². The molecule has 2 heterocycles. The first-order valence-electron chi connectivity index (χ1n) is 7.58. The molecule has 0 radical (unpaired) electrons. The fraction of sp³-hybridized carbons (Fsp3) is 0.222. The van der Waals surface area contributed by atoms with Crippen LogP contribution in [0.1, 0.15) is 21.8 Å². The van der Waals surface area contributed by atoms with E-state index in [2.05, 4.69) is 10.4 Å². The number of methoxy groups -OCH3 is 1. The third-order valence-corrected chi connectivity index (χ3v) is 3.81. The first kappa shape index (κ1) is 15.9. The summed E-state index contributed by atoms with van der Waals surface area (Å²) in [5, 5.41) is 7.10.